The van der Waals surface area contributed by atoms with E-state index in [0.717, 1.165) is 56.5 Å². The van der Waals surface area contributed by atoms with Gasteiger partial charge in [0.15, 0.2) is 5.96 Å². The number of aryl methyl sites for hydroxylation is 1. The molecule has 0 aliphatic carbocycles. The van der Waals surface area contributed by atoms with Crippen molar-refractivity contribution in [2.45, 2.75) is 27.3 Å². The van der Waals surface area contributed by atoms with E-state index in [2.05, 4.69) is 64.5 Å². The smallest absolute Gasteiger partial charge is 0.191 e. The molecule has 1 fully saturated rings. The van der Waals surface area contributed by atoms with Crippen molar-refractivity contribution in [3.63, 3.8) is 0 Å². The number of ether oxygens (including phenoxy) is 2. The number of benzene rings is 1. The topological polar surface area (TPSA) is 61.4 Å². The first kappa shape index (κ1) is 27.9. The van der Waals surface area contributed by atoms with E-state index >= 15 is 0 Å². The van der Waals surface area contributed by atoms with Gasteiger partial charge in [-0.2, -0.15) is 0 Å². The number of hydrogen-bond acceptors (Lipinski definition) is 5. The van der Waals surface area contributed by atoms with Crippen LogP contribution in [0.4, 0.5) is 0 Å². The Morgan fingerprint density at radius 2 is 1.90 bits per heavy atom. The molecule has 1 heterocycles. The second-order valence-corrected chi connectivity index (χ2v) is 8.17. The van der Waals surface area contributed by atoms with Gasteiger partial charge in [0, 0.05) is 65.0 Å². The van der Waals surface area contributed by atoms with Crippen LogP contribution in [-0.2, 0) is 11.3 Å². The van der Waals surface area contributed by atoms with Gasteiger partial charge >= 0.3 is 0 Å². The van der Waals surface area contributed by atoms with Gasteiger partial charge in [-0.15, -0.1) is 24.0 Å². The minimum Gasteiger partial charge on any atom is -0.491 e. The second-order valence-electron chi connectivity index (χ2n) is 8.17. The Hall–Kier alpha value is -1.10. The van der Waals surface area contributed by atoms with Crippen molar-refractivity contribution >= 4 is 29.9 Å². The fourth-order valence-electron chi connectivity index (χ4n) is 3.50. The molecule has 0 radical (unpaired) electrons. The third kappa shape index (κ3) is 10.9. The summed E-state index contributed by atoms with van der Waals surface area (Å²) in [4.78, 5) is 9.33. The molecular formula is C23H42IN5O2. The summed E-state index contributed by atoms with van der Waals surface area (Å²) in [7, 11) is 4.01. The van der Waals surface area contributed by atoms with Crippen molar-refractivity contribution in [1.82, 2.24) is 20.4 Å². The van der Waals surface area contributed by atoms with Crippen LogP contribution in [0.3, 0.4) is 0 Å². The molecule has 1 aromatic rings. The number of guanidine groups is 1. The van der Waals surface area contributed by atoms with Gasteiger partial charge in [0.25, 0.3) is 0 Å². The fraction of sp³-hybridized carbons (Fsp3) is 0.696. The Kier molecular flexibility index (Phi) is 14.1. The van der Waals surface area contributed by atoms with E-state index in [1.807, 2.05) is 14.0 Å². The van der Waals surface area contributed by atoms with Gasteiger partial charge in [0.2, 0.25) is 0 Å². The Morgan fingerprint density at radius 1 is 1.16 bits per heavy atom. The number of aliphatic imine (C=N–C) groups is 1. The lowest BCUT2D eigenvalue weighted by Crippen LogP contribution is -2.47. The Balaban J connectivity index is 0.00000480. The first-order valence-corrected chi connectivity index (χ1v) is 11.2. The van der Waals surface area contributed by atoms with Crippen LogP contribution in [0.2, 0.25) is 0 Å². The lowest BCUT2D eigenvalue weighted by molar-refractivity contribution is 0.110. The second kappa shape index (κ2) is 15.7. The summed E-state index contributed by atoms with van der Waals surface area (Å²) in [5.74, 6) is 2.28. The van der Waals surface area contributed by atoms with Gasteiger partial charge in [-0.1, -0.05) is 19.1 Å². The molecule has 1 atom stereocenters. The third-order valence-electron chi connectivity index (χ3n) is 5.37. The molecule has 2 rings (SSSR count). The third-order valence-corrected chi connectivity index (χ3v) is 5.37. The molecule has 0 aromatic heterocycles. The molecule has 178 valence electrons. The summed E-state index contributed by atoms with van der Waals surface area (Å²) in [5.41, 5.74) is 2.30. The summed E-state index contributed by atoms with van der Waals surface area (Å²) in [6, 6.07) is 6.31. The average Bonchev–Trinajstić information content (AvgIpc) is 2.74. The SMILES string of the molecule is CCOCCOc1cc(C)ccc1CNC(=NC)NCC(C)CN1CCN(C)CC1.I. The zero-order valence-electron chi connectivity index (χ0n) is 19.9. The van der Waals surface area contributed by atoms with Crippen LogP contribution in [0.25, 0.3) is 0 Å². The normalized spacial score (nSPS) is 16.5. The predicted octanol–water partition coefficient (Wildman–Crippen LogP) is 2.58. The van der Waals surface area contributed by atoms with Crippen LogP contribution in [0.1, 0.15) is 25.0 Å². The highest BCUT2D eigenvalue weighted by Crippen LogP contribution is 2.20. The lowest BCUT2D eigenvalue weighted by atomic mass is 10.1. The molecule has 8 heteroatoms. The minimum atomic E-state index is 0. The zero-order chi connectivity index (χ0) is 21.8. The molecule has 1 saturated heterocycles. The van der Waals surface area contributed by atoms with E-state index in [0.29, 0.717) is 32.3 Å². The highest BCUT2D eigenvalue weighted by atomic mass is 127. The maximum Gasteiger partial charge on any atom is 0.191 e. The van der Waals surface area contributed by atoms with Crippen molar-refractivity contribution < 1.29 is 9.47 Å². The van der Waals surface area contributed by atoms with Gasteiger partial charge in [0.05, 0.1) is 6.61 Å². The summed E-state index contributed by atoms with van der Waals surface area (Å²) in [6.45, 7) is 15.6. The summed E-state index contributed by atoms with van der Waals surface area (Å²) >= 11 is 0. The molecule has 0 spiro atoms. The molecule has 31 heavy (non-hydrogen) atoms. The molecule has 2 N–H and O–H groups in total. The first-order chi connectivity index (χ1) is 14.5. The fourth-order valence-corrected chi connectivity index (χ4v) is 3.50. The number of hydrogen-bond donors (Lipinski definition) is 2. The number of nitrogens with zero attached hydrogens (tertiary/aromatic N) is 3. The van der Waals surface area contributed by atoms with Crippen LogP contribution in [0.15, 0.2) is 23.2 Å². The van der Waals surface area contributed by atoms with Crippen LogP contribution in [0, 0.1) is 12.8 Å². The molecular weight excluding hydrogens is 505 g/mol. The minimum absolute atomic E-state index is 0. The van der Waals surface area contributed by atoms with E-state index < -0.39 is 0 Å². The van der Waals surface area contributed by atoms with Gasteiger partial charge in [-0.25, -0.2) is 0 Å². The van der Waals surface area contributed by atoms with Crippen LogP contribution in [-0.4, -0.2) is 88.9 Å². The average molecular weight is 548 g/mol. The van der Waals surface area contributed by atoms with Crippen molar-refractivity contribution in [2.24, 2.45) is 10.9 Å². The molecule has 7 nitrogen and oxygen atoms in total. The highest BCUT2D eigenvalue weighted by molar-refractivity contribution is 14.0. The number of halogens is 1. The molecule has 0 bridgehead atoms. The van der Waals surface area contributed by atoms with Gasteiger partial charge < -0.3 is 29.9 Å². The maximum absolute atomic E-state index is 5.94. The lowest BCUT2D eigenvalue weighted by Gasteiger charge is -2.34. The van der Waals surface area contributed by atoms with E-state index in [4.69, 9.17) is 9.47 Å². The largest absolute Gasteiger partial charge is 0.491 e. The first-order valence-electron chi connectivity index (χ1n) is 11.2. The van der Waals surface area contributed by atoms with Crippen molar-refractivity contribution in [3.05, 3.63) is 29.3 Å². The van der Waals surface area contributed by atoms with Crippen LogP contribution >= 0.6 is 24.0 Å². The molecule has 1 aliphatic rings. The van der Waals surface area contributed by atoms with E-state index in [1.165, 1.54) is 5.56 Å². The van der Waals surface area contributed by atoms with Crippen LogP contribution < -0.4 is 15.4 Å². The Morgan fingerprint density at radius 3 is 2.58 bits per heavy atom. The number of likely N-dealkylation sites (N-methyl/N-ethyl adjacent to an activating group) is 1. The molecule has 1 unspecified atom stereocenters. The molecule has 0 saturated carbocycles. The highest BCUT2D eigenvalue weighted by Gasteiger charge is 2.16. The Labute approximate surface area is 206 Å². The zero-order valence-corrected chi connectivity index (χ0v) is 22.3. The van der Waals surface area contributed by atoms with Crippen molar-refractivity contribution in [1.29, 1.82) is 0 Å². The van der Waals surface area contributed by atoms with Crippen LogP contribution in [0.5, 0.6) is 5.75 Å². The molecule has 0 amide bonds. The summed E-state index contributed by atoms with van der Waals surface area (Å²) in [5, 5.41) is 6.89. The summed E-state index contributed by atoms with van der Waals surface area (Å²) in [6.07, 6.45) is 0. The van der Waals surface area contributed by atoms with Gasteiger partial charge in [0.1, 0.15) is 12.4 Å². The molecule has 1 aliphatic heterocycles. The van der Waals surface area contributed by atoms with Gasteiger partial charge in [-0.05, 0) is 38.4 Å². The molecule has 1 aromatic carbocycles. The van der Waals surface area contributed by atoms with Gasteiger partial charge in [-0.3, -0.25) is 4.99 Å². The van der Waals surface area contributed by atoms with Crippen molar-refractivity contribution in [3.8, 4) is 5.75 Å². The van der Waals surface area contributed by atoms with E-state index in [1.54, 1.807) is 0 Å². The van der Waals surface area contributed by atoms with E-state index in [9.17, 15) is 0 Å². The number of nitrogens with one attached hydrogen (secondary N) is 2. The standard InChI is InChI=1S/C23H41N5O2.HI/c1-6-29-13-14-30-22-15-19(2)7-8-21(22)17-26-23(24-4)25-16-20(3)18-28-11-9-27(5)10-12-28;/h7-8,15,20H,6,9-14,16-18H2,1-5H3,(H2,24,25,26);1H. The summed E-state index contributed by atoms with van der Waals surface area (Å²) < 4.78 is 11.3. The van der Waals surface area contributed by atoms with E-state index in [-0.39, 0.29) is 24.0 Å². The maximum atomic E-state index is 5.94. The quantitative estimate of drug-likeness (QED) is 0.192. The monoisotopic (exact) mass is 547 g/mol. The number of rotatable bonds is 11. The Bertz CT molecular complexity index is 651. The van der Waals surface area contributed by atoms with Crippen molar-refractivity contribution in [2.75, 3.05) is 73.2 Å². The number of piperazine rings is 1. The predicted molar refractivity (Wildman–Crippen MR) is 140 cm³/mol.